The molecule has 4 fully saturated rings. The summed E-state index contributed by atoms with van der Waals surface area (Å²) in [6.07, 6.45) is 13.1. The molecule has 5 nitrogen and oxygen atoms in total. The molecular formula is C44H66ClNO4. The normalized spacial score (nSPS) is 37.8. The van der Waals surface area contributed by atoms with E-state index in [1.807, 2.05) is 17.7 Å². The lowest BCUT2D eigenvalue weighted by Gasteiger charge is -2.72. The predicted molar refractivity (Wildman–Crippen MR) is 203 cm³/mol. The van der Waals surface area contributed by atoms with E-state index in [9.17, 15) is 14.7 Å². The van der Waals surface area contributed by atoms with E-state index in [2.05, 4.69) is 65.9 Å². The van der Waals surface area contributed by atoms with Crippen molar-refractivity contribution in [1.29, 1.82) is 0 Å². The average Bonchev–Trinajstić information content (AvgIpc) is 3.42. The second kappa shape index (κ2) is 13.2. The number of hydrogen-bond acceptors (Lipinski definition) is 4. The first-order chi connectivity index (χ1) is 23.3. The van der Waals surface area contributed by atoms with Gasteiger partial charge in [0.1, 0.15) is 6.10 Å². The number of carbonyl (C=O) groups excluding carboxylic acids is 1. The number of fused-ring (bicyclic) bond motifs is 7. The Morgan fingerprint density at radius 2 is 1.62 bits per heavy atom. The summed E-state index contributed by atoms with van der Waals surface area (Å²) in [5, 5.41) is 14.2. The van der Waals surface area contributed by atoms with Gasteiger partial charge in [0.2, 0.25) is 0 Å². The molecule has 50 heavy (non-hydrogen) atoms. The van der Waals surface area contributed by atoms with E-state index in [-0.39, 0.29) is 40.2 Å². The molecule has 0 bridgehead atoms. The van der Waals surface area contributed by atoms with Crippen LogP contribution in [0.4, 0.5) is 0 Å². The van der Waals surface area contributed by atoms with Crippen molar-refractivity contribution in [1.82, 2.24) is 5.32 Å². The number of allylic oxidation sites excluding steroid dienone is 2. The van der Waals surface area contributed by atoms with E-state index < -0.39 is 11.4 Å². The van der Waals surface area contributed by atoms with E-state index in [1.165, 1.54) is 63.4 Å². The van der Waals surface area contributed by atoms with Gasteiger partial charge in [0, 0.05) is 17.0 Å². The lowest BCUT2D eigenvalue weighted by molar-refractivity contribution is -0.233. The third-order valence-electron chi connectivity index (χ3n) is 16.2. The maximum absolute atomic E-state index is 13.1. The Balaban J connectivity index is 1.21. The van der Waals surface area contributed by atoms with Crippen LogP contribution in [0.5, 0.6) is 0 Å². The minimum Gasteiger partial charge on any atom is -0.481 e. The fourth-order valence-electron chi connectivity index (χ4n) is 13.2. The summed E-state index contributed by atoms with van der Waals surface area (Å²) in [7, 11) is 0. The minimum atomic E-state index is -1.12. The molecule has 0 radical (unpaired) electrons. The summed E-state index contributed by atoms with van der Waals surface area (Å²) in [6.45, 7) is 22.7. The molecule has 0 spiro atoms. The molecule has 1 unspecified atom stereocenters. The van der Waals surface area contributed by atoms with Crippen molar-refractivity contribution in [3.05, 3.63) is 46.0 Å². The summed E-state index contributed by atoms with van der Waals surface area (Å²) in [5.74, 6) is 1.06. The Hall–Kier alpha value is -1.85. The van der Waals surface area contributed by atoms with Crippen LogP contribution in [0.25, 0.3) is 0 Å². The quantitative estimate of drug-likeness (QED) is 0.144. The lowest BCUT2D eigenvalue weighted by Crippen LogP contribution is -2.65. The molecule has 2 N–H and O–H groups in total. The van der Waals surface area contributed by atoms with Gasteiger partial charge in [0.05, 0.1) is 11.8 Å². The Labute approximate surface area is 308 Å². The number of carbonyl (C=O) groups is 2. The number of carboxylic acids is 1. The summed E-state index contributed by atoms with van der Waals surface area (Å²) < 4.78 is 6.20. The van der Waals surface area contributed by atoms with Crippen molar-refractivity contribution in [2.45, 2.75) is 152 Å². The molecule has 1 aromatic rings. The van der Waals surface area contributed by atoms with Crippen LogP contribution in [0.2, 0.25) is 5.02 Å². The molecule has 6 rings (SSSR count). The number of hydrogen-bond donors (Lipinski definition) is 2. The molecule has 0 saturated heterocycles. The van der Waals surface area contributed by atoms with E-state index in [1.54, 1.807) is 19.4 Å². The van der Waals surface area contributed by atoms with Crippen molar-refractivity contribution >= 4 is 23.5 Å². The Morgan fingerprint density at radius 1 is 0.920 bits per heavy atom. The van der Waals surface area contributed by atoms with Crippen LogP contribution >= 0.6 is 11.6 Å². The van der Waals surface area contributed by atoms with E-state index >= 15 is 0 Å². The SMILES string of the molecule is CC(C)C1=C2[C@H]3CC[C@@H]4[C@@]5(C)CC[C@H](OC(=O)CC(C)(C)C(=O)O)C(C)(C)[C@@H]5CC[C@@]4(C)[C@]3(C)CCC2(CCNCc2ccc(Cl)cc2)CC1. The van der Waals surface area contributed by atoms with Crippen LogP contribution in [-0.2, 0) is 20.9 Å². The van der Waals surface area contributed by atoms with E-state index in [4.69, 9.17) is 16.3 Å². The molecule has 5 aliphatic carbocycles. The van der Waals surface area contributed by atoms with Crippen molar-refractivity contribution in [2.75, 3.05) is 6.54 Å². The zero-order chi connectivity index (χ0) is 36.5. The van der Waals surface area contributed by atoms with Crippen molar-refractivity contribution in [2.24, 2.45) is 56.2 Å². The second-order valence-electron chi connectivity index (χ2n) is 19.7. The van der Waals surface area contributed by atoms with Gasteiger partial charge in [-0.2, -0.15) is 0 Å². The zero-order valence-corrected chi connectivity index (χ0v) is 33.4. The molecule has 4 saturated carbocycles. The number of ether oxygens (including phenoxy) is 1. The summed E-state index contributed by atoms with van der Waals surface area (Å²) in [5.41, 5.74) is 4.76. The fraction of sp³-hybridized carbons (Fsp3) is 0.773. The zero-order valence-electron chi connectivity index (χ0n) is 32.6. The predicted octanol–water partition coefficient (Wildman–Crippen LogP) is 11.0. The molecular weight excluding hydrogens is 642 g/mol. The maximum atomic E-state index is 13.1. The molecule has 278 valence electrons. The van der Waals surface area contributed by atoms with Crippen LogP contribution in [0.15, 0.2) is 35.4 Å². The molecule has 1 aromatic carbocycles. The highest BCUT2D eigenvalue weighted by Gasteiger charge is 2.69. The summed E-state index contributed by atoms with van der Waals surface area (Å²) in [4.78, 5) is 24.8. The van der Waals surface area contributed by atoms with Gasteiger partial charge in [-0.3, -0.25) is 9.59 Å². The van der Waals surface area contributed by atoms with Gasteiger partial charge in [-0.05, 0) is 154 Å². The largest absolute Gasteiger partial charge is 0.481 e. The number of aliphatic carboxylic acids is 1. The molecule has 0 heterocycles. The van der Waals surface area contributed by atoms with E-state index in [0.717, 1.165) is 31.0 Å². The highest BCUT2D eigenvalue weighted by Crippen LogP contribution is 2.77. The van der Waals surface area contributed by atoms with E-state index in [0.29, 0.717) is 29.1 Å². The molecule has 8 atom stereocenters. The Kier molecular flexibility index (Phi) is 10.0. The number of rotatable bonds is 10. The third kappa shape index (κ3) is 6.10. The highest BCUT2D eigenvalue weighted by molar-refractivity contribution is 6.30. The third-order valence-corrected chi connectivity index (χ3v) is 16.5. The topological polar surface area (TPSA) is 75.6 Å². The minimum absolute atomic E-state index is 0.0919. The first kappa shape index (κ1) is 37.9. The smallest absolute Gasteiger partial charge is 0.309 e. The van der Waals surface area contributed by atoms with Crippen LogP contribution < -0.4 is 5.32 Å². The summed E-state index contributed by atoms with van der Waals surface area (Å²) in [6, 6.07) is 8.25. The average molecular weight is 708 g/mol. The van der Waals surface area contributed by atoms with Gasteiger partial charge in [0.15, 0.2) is 0 Å². The molecule has 0 aromatic heterocycles. The number of nitrogens with one attached hydrogen (secondary N) is 1. The number of benzene rings is 1. The van der Waals surface area contributed by atoms with Gasteiger partial charge >= 0.3 is 11.9 Å². The van der Waals surface area contributed by atoms with Gasteiger partial charge in [-0.25, -0.2) is 0 Å². The lowest BCUT2D eigenvalue weighted by atomic mass is 9.33. The van der Waals surface area contributed by atoms with Gasteiger partial charge in [-0.15, -0.1) is 0 Å². The van der Waals surface area contributed by atoms with Gasteiger partial charge < -0.3 is 15.2 Å². The first-order valence-corrected chi connectivity index (χ1v) is 20.3. The molecule has 0 amide bonds. The van der Waals surface area contributed by atoms with Gasteiger partial charge in [0.25, 0.3) is 0 Å². The fourth-order valence-corrected chi connectivity index (χ4v) is 13.3. The number of carboxylic acid groups (broad SMARTS) is 1. The standard InChI is InChI=1S/C44H66ClNO4/c1-28(2)31-16-21-44(24-25-46-27-29-10-12-30(45)13-11-29)23-22-42(8)32(37(31)44)14-15-34-41(7)19-18-35(50-36(47)26-39(3,4)38(48)49)40(5,6)33(41)17-20-43(34,42)9/h10-13,28,32-35,46H,14-27H2,1-9H3,(H,48,49)/t32-,33+,34-,35+,41+,42-,43-,44?/m1/s1. The Morgan fingerprint density at radius 3 is 2.28 bits per heavy atom. The molecule has 5 aliphatic rings. The molecule has 0 aliphatic heterocycles. The van der Waals surface area contributed by atoms with Crippen molar-refractivity contribution in [3.63, 3.8) is 0 Å². The maximum Gasteiger partial charge on any atom is 0.309 e. The van der Waals surface area contributed by atoms with Crippen LogP contribution in [0.1, 0.15) is 145 Å². The first-order valence-electron chi connectivity index (χ1n) is 19.9. The van der Waals surface area contributed by atoms with Gasteiger partial charge in [-0.1, -0.05) is 83.3 Å². The van der Waals surface area contributed by atoms with Crippen molar-refractivity contribution in [3.8, 4) is 0 Å². The monoisotopic (exact) mass is 707 g/mol. The van der Waals surface area contributed by atoms with Crippen LogP contribution in [0.3, 0.4) is 0 Å². The number of halogens is 1. The van der Waals surface area contributed by atoms with Crippen LogP contribution in [0, 0.1) is 56.2 Å². The Bertz CT molecular complexity index is 1500. The van der Waals surface area contributed by atoms with Crippen molar-refractivity contribution < 1.29 is 19.4 Å². The molecule has 6 heteroatoms. The highest BCUT2D eigenvalue weighted by atomic mass is 35.5. The van der Waals surface area contributed by atoms with Crippen LogP contribution in [-0.4, -0.2) is 29.7 Å². The number of esters is 1. The second-order valence-corrected chi connectivity index (χ2v) is 20.2. The summed E-state index contributed by atoms with van der Waals surface area (Å²) >= 11 is 6.14.